The molecule has 1 N–H and O–H groups in total. The van der Waals surface area contributed by atoms with E-state index in [-0.39, 0.29) is 5.41 Å². The number of nitrogens with one attached hydrogen (secondary N) is 1. The maximum atomic E-state index is 5.75. The molecule has 0 amide bonds. The fourth-order valence-corrected chi connectivity index (χ4v) is 2.73. The van der Waals surface area contributed by atoms with E-state index in [0.717, 1.165) is 42.9 Å². The summed E-state index contributed by atoms with van der Waals surface area (Å²) >= 11 is 1.31. The van der Waals surface area contributed by atoms with E-state index in [0.29, 0.717) is 11.8 Å². The van der Waals surface area contributed by atoms with Crippen molar-refractivity contribution in [1.82, 2.24) is 25.1 Å². The first-order valence-corrected chi connectivity index (χ1v) is 8.16. The molecule has 21 heavy (non-hydrogen) atoms. The Morgan fingerprint density at radius 2 is 1.95 bits per heavy atom. The zero-order valence-electron chi connectivity index (χ0n) is 13.1. The van der Waals surface area contributed by atoms with Crippen molar-refractivity contribution in [2.45, 2.75) is 52.4 Å². The van der Waals surface area contributed by atoms with Crippen LogP contribution in [0.3, 0.4) is 0 Å². The molecule has 0 fully saturated rings. The predicted molar refractivity (Wildman–Crippen MR) is 83.4 cm³/mol. The van der Waals surface area contributed by atoms with Gasteiger partial charge >= 0.3 is 0 Å². The smallest absolute Gasteiger partial charge is 0.261 e. The molecule has 116 valence electrons. The molecule has 7 heteroatoms. The summed E-state index contributed by atoms with van der Waals surface area (Å²) < 4.78 is 9.77. The molecule has 0 aromatic carbocycles. The zero-order chi connectivity index (χ0) is 15.3. The summed E-state index contributed by atoms with van der Waals surface area (Å²) in [5.74, 6) is 1.21. The van der Waals surface area contributed by atoms with Gasteiger partial charge in [0.15, 0.2) is 0 Å². The summed E-state index contributed by atoms with van der Waals surface area (Å²) in [7, 11) is 0. The summed E-state index contributed by atoms with van der Waals surface area (Å²) in [4.78, 5) is 0.880. The molecule has 0 unspecified atom stereocenters. The Kier molecular flexibility index (Phi) is 5.41. The average molecular weight is 309 g/mol. The lowest BCUT2D eigenvalue weighted by Crippen LogP contribution is -2.16. The summed E-state index contributed by atoms with van der Waals surface area (Å²) in [6.45, 7) is 10.5. The van der Waals surface area contributed by atoms with Crippen molar-refractivity contribution in [2.75, 3.05) is 13.1 Å². The molecule has 0 atom stereocenters. The number of rotatable bonds is 7. The van der Waals surface area contributed by atoms with Crippen LogP contribution in [0.1, 0.15) is 52.1 Å². The molecule has 0 radical (unpaired) electrons. The van der Waals surface area contributed by atoms with E-state index in [4.69, 9.17) is 4.42 Å². The number of nitrogens with zero attached hydrogens (tertiary/aromatic N) is 4. The topological polar surface area (TPSA) is 76.7 Å². The Labute approximate surface area is 129 Å². The van der Waals surface area contributed by atoms with Crippen molar-refractivity contribution >= 4 is 11.5 Å². The second kappa shape index (κ2) is 7.09. The van der Waals surface area contributed by atoms with Crippen LogP contribution in [-0.2, 0) is 11.8 Å². The molecule has 0 aliphatic rings. The summed E-state index contributed by atoms with van der Waals surface area (Å²) in [5.41, 5.74) is 0.827. The van der Waals surface area contributed by atoms with Gasteiger partial charge in [-0.05, 0) is 37.5 Å². The lowest BCUT2D eigenvalue weighted by molar-refractivity contribution is 0.489. The van der Waals surface area contributed by atoms with Gasteiger partial charge in [-0.3, -0.25) is 0 Å². The number of hydrogen-bond acceptors (Lipinski definition) is 7. The molecule has 0 aliphatic carbocycles. The van der Waals surface area contributed by atoms with Gasteiger partial charge in [0, 0.05) is 11.8 Å². The van der Waals surface area contributed by atoms with Crippen LogP contribution in [-0.4, -0.2) is 32.9 Å². The average Bonchev–Trinajstić information content (AvgIpc) is 3.06. The lowest BCUT2D eigenvalue weighted by atomic mass is 9.91. The standard InChI is InChI=1S/C14H23N5OS/c1-5-8-15-9-6-7-10-16-18-13(20-10)11-12(14(2,3)4)17-19-21-11/h15H,5-9H2,1-4H3. The molecule has 2 aromatic heterocycles. The summed E-state index contributed by atoms with van der Waals surface area (Å²) in [6, 6.07) is 0. The third-order valence-corrected chi connectivity index (χ3v) is 3.74. The van der Waals surface area contributed by atoms with Crippen LogP contribution in [0.5, 0.6) is 0 Å². The van der Waals surface area contributed by atoms with Gasteiger partial charge in [0.25, 0.3) is 5.89 Å². The van der Waals surface area contributed by atoms with E-state index in [2.05, 4.69) is 52.8 Å². The number of aryl methyl sites for hydroxylation is 1. The Morgan fingerprint density at radius 3 is 2.67 bits per heavy atom. The monoisotopic (exact) mass is 309 g/mol. The molecular formula is C14H23N5OS. The second-order valence-electron chi connectivity index (χ2n) is 6.06. The molecule has 2 aromatic rings. The first-order chi connectivity index (χ1) is 10.0. The number of aromatic nitrogens is 4. The van der Waals surface area contributed by atoms with Gasteiger partial charge in [-0.15, -0.1) is 15.3 Å². The van der Waals surface area contributed by atoms with Gasteiger partial charge in [0.1, 0.15) is 4.88 Å². The minimum absolute atomic E-state index is 0.0823. The van der Waals surface area contributed by atoms with Crippen LogP contribution in [0.15, 0.2) is 4.42 Å². The van der Waals surface area contributed by atoms with Crippen LogP contribution in [0.4, 0.5) is 0 Å². The minimum Gasteiger partial charge on any atom is -0.420 e. The van der Waals surface area contributed by atoms with Gasteiger partial charge in [-0.1, -0.05) is 32.2 Å². The SMILES string of the molecule is CCCNCCCc1nnc(-c2snnc2C(C)(C)C)o1. The van der Waals surface area contributed by atoms with Crippen molar-refractivity contribution in [3.63, 3.8) is 0 Å². The second-order valence-corrected chi connectivity index (χ2v) is 6.81. The van der Waals surface area contributed by atoms with Crippen LogP contribution >= 0.6 is 11.5 Å². The molecule has 2 heterocycles. The van der Waals surface area contributed by atoms with E-state index in [1.165, 1.54) is 11.5 Å². The van der Waals surface area contributed by atoms with E-state index in [9.17, 15) is 0 Å². The highest BCUT2D eigenvalue weighted by Gasteiger charge is 2.26. The van der Waals surface area contributed by atoms with Crippen LogP contribution in [0.25, 0.3) is 10.8 Å². The van der Waals surface area contributed by atoms with Crippen molar-refractivity contribution in [1.29, 1.82) is 0 Å². The first-order valence-electron chi connectivity index (χ1n) is 7.38. The largest absolute Gasteiger partial charge is 0.420 e. The molecule has 0 saturated carbocycles. The van der Waals surface area contributed by atoms with E-state index >= 15 is 0 Å². The number of hydrogen-bond donors (Lipinski definition) is 1. The van der Waals surface area contributed by atoms with Crippen molar-refractivity contribution in [3.8, 4) is 10.8 Å². The Bertz CT molecular complexity index is 558. The van der Waals surface area contributed by atoms with Gasteiger partial charge in [0.05, 0.1) is 5.69 Å². The van der Waals surface area contributed by atoms with Gasteiger partial charge < -0.3 is 9.73 Å². The summed E-state index contributed by atoms with van der Waals surface area (Å²) in [6.07, 6.45) is 2.94. The molecule has 0 spiro atoms. The maximum Gasteiger partial charge on any atom is 0.261 e. The highest BCUT2D eigenvalue weighted by atomic mass is 32.1. The van der Waals surface area contributed by atoms with Gasteiger partial charge in [0.2, 0.25) is 5.89 Å². The summed E-state index contributed by atoms with van der Waals surface area (Å²) in [5, 5.41) is 15.8. The minimum atomic E-state index is -0.0823. The van der Waals surface area contributed by atoms with Crippen molar-refractivity contribution < 1.29 is 4.42 Å². The van der Waals surface area contributed by atoms with E-state index < -0.39 is 0 Å². The first kappa shape index (κ1) is 16.0. The van der Waals surface area contributed by atoms with Crippen molar-refractivity contribution in [2.24, 2.45) is 0 Å². The quantitative estimate of drug-likeness (QED) is 0.793. The lowest BCUT2D eigenvalue weighted by Gasteiger charge is -2.14. The Hall–Kier alpha value is -1.34. The van der Waals surface area contributed by atoms with E-state index in [1.807, 2.05) is 0 Å². The molecule has 6 nitrogen and oxygen atoms in total. The maximum absolute atomic E-state index is 5.75. The van der Waals surface area contributed by atoms with Crippen LogP contribution in [0.2, 0.25) is 0 Å². The molecule has 2 rings (SSSR count). The fraction of sp³-hybridized carbons (Fsp3) is 0.714. The highest BCUT2D eigenvalue weighted by molar-refractivity contribution is 7.09. The predicted octanol–water partition coefficient (Wildman–Crippen LogP) is 2.82. The Morgan fingerprint density at radius 1 is 1.14 bits per heavy atom. The molecule has 0 bridgehead atoms. The zero-order valence-corrected chi connectivity index (χ0v) is 14.0. The van der Waals surface area contributed by atoms with Gasteiger partial charge in [-0.25, -0.2) is 0 Å². The Balaban J connectivity index is 1.99. The third-order valence-electron chi connectivity index (χ3n) is 3.03. The van der Waals surface area contributed by atoms with Crippen LogP contribution in [0, 0.1) is 0 Å². The van der Waals surface area contributed by atoms with Gasteiger partial charge in [-0.2, -0.15) is 0 Å². The molecule has 0 aliphatic heterocycles. The highest BCUT2D eigenvalue weighted by Crippen LogP contribution is 2.33. The van der Waals surface area contributed by atoms with Crippen molar-refractivity contribution in [3.05, 3.63) is 11.6 Å². The van der Waals surface area contributed by atoms with E-state index in [1.54, 1.807) is 0 Å². The van der Waals surface area contributed by atoms with Crippen LogP contribution < -0.4 is 5.32 Å². The molecule has 0 saturated heterocycles. The normalized spacial score (nSPS) is 12.0. The fourth-order valence-electron chi connectivity index (χ4n) is 1.93. The molecular weight excluding hydrogens is 286 g/mol. The third kappa shape index (κ3) is 4.31.